The van der Waals surface area contributed by atoms with E-state index in [9.17, 15) is 0 Å². The number of nitriles is 1. The summed E-state index contributed by atoms with van der Waals surface area (Å²) in [5.74, 6) is 0.798. The fourth-order valence-corrected chi connectivity index (χ4v) is 2.04. The second-order valence-electron chi connectivity index (χ2n) is 4.41. The Hall–Kier alpha value is -1.57. The lowest BCUT2D eigenvalue weighted by atomic mass is 10.1. The Morgan fingerprint density at radius 3 is 2.83 bits per heavy atom. The van der Waals surface area contributed by atoms with E-state index >= 15 is 0 Å². The van der Waals surface area contributed by atoms with E-state index in [1.807, 2.05) is 12.1 Å². The third-order valence-corrected chi connectivity index (χ3v) is 3.14. The van der Waals surface area contributed by atoms with Crippen LogP contribution in [-0.4, -0.2) is 31.9 Å². The van der Waals surface area contributed by atoms with Crippen molar-refractivity contribution in [2.45, 2.75) is 25.5 Å². The molecule has 1 saturated heterocycles. The van der Waals surface area contributed by atoms with Gasteiger partial charge in [-0.2, -0.15) is 5.26 Å². The Morgan fingerprint density at radius 1 is 1.44 bits per heavy atom. The van der Waals surface area contributed by atoms with Gasteiger partial charge in [-0.05, 0) is 37.6 Å². The van der Waals surface area contributed by atoms with Crippen LogP contribution in [0.15, 0.2) is 24.3 Å². The number of nitrogens with one attached hydrogen (secondary N) is 1. The van der Waals surface area contributed by atoms with Crippen molar-refractivity contribution in [1.82, 2.24) is 5.32 Å². The van der Waals surface area contributed by atoms with Gasteiger partial charge in [-0.1, -0.05) is 0 Å². The van der Waals surface area contributed by atoms with Crippen molar-refractivity contribution < 1.29 is 9.47 Å². The second kappa shape index (κ2) is 6.39. The minimum atomic E-state index is 0.292. The van der Waals surface area contributed by atoms with Gasteiger partial charge in [0.15, 0.2) is 0 Å². The smallest absolute Gasteiger partial charge is 0.119 e. The Kier molecular flexibility index (Phi) is 4.57. The van der Waals surface area contributed by atoms with E-state index < -0.39 is 0 Å². The van der Waals surface area contributed by atoms with E-state index in [0.717, 1.165) is 25.3 Å². The molecular formula is C14H18N2O2. The molecule has 0 aromatic heterocycles. The molecule has 0 bridgehead atoms. The largest absolute Gasteiger partial charge is 0.492 e. The van der Waals surface area contributed by atoms with E-state index in [4.69, 9.17) is 14.7 Å². The minimum absolute atomic E-state index is 0.292. The molecule has 1 aliphatic heterocycles. The van der Waals surface area contributed by atoms with Crippen molar-refractivity contribution in [3.63, 3.8) is 0 Å². The monoisotopic (exact) mass is 246 g/mol. The predicted octanol–water partition coefficient (Wildman–Crippen LogP) is 1.70. The molecule has 4 heteroatoms. The maximum atomic E-state index is 8.68. The first-order valence-corrected chi connectivity index (χ1v) is 6.27. The van der Waals surface area contributed by atoms with Crippen LogP contribution in [0.2, 0.25) is 0 Å². The van der Waals surface area contributed by atoms with Crippen LogP contribution in [0.1, 0.15) is 18.9 Å². The Morgan fingerprint density at radius 2 is 2.22 bits per heavy atom. The van der Waals surface area contributed by atoms with Crippen molar-refractivity contribution in [3.05, 3.63) is 29.8 Å². The van der Waals surface area contributed by atoms with E-state index in [1.165, 1.54) is 0 Å². The van der Waals surface area contributed by atoms with E-state index in [2.05, 4.69) is 18.3 Å². The van der Waals surface area contributed by atoms with Gasteiger partial charge in [-0.3, -0.25) is 0 Å². The Bertz CT molecular complexity index is 411. The standard InChI is InChI=1S/C14H18N2O2/c1-11-14(6-8-17-11)16-7-9-18-13-4-2-12(10-15)3-5-13/h2-5,11,14,16H,6-9H2,1H3/t11-,14-/m0/s1. The molecule has 2 atom stereocenters. The van der Waals surface area contributed by atoms with Gasteiger partial charge in [-0.25, -0.2) is 0 Å². The van der Waals surface area contributed by atoms with Gasteiger partial charge in [0, 0.05) is 19.2 Å². The van der Waals surface area contributed by atoms with Gasteiger partial charge in [0.05, 0.1) is 17.7 Å². The topological polar surface area (TPSA) is 54.3 Å². The molecule has 1 N–H and O–H groups in total. The van der Waals surface area contributed by atoms with Gasteiger partial charge in [0.2, 0.25) is 0 Å². The van der Waals surface area contributed by atoms with Crippen LogP contribution >= 0.6 is 0 Å². The number of hydrogen-bond donors (Lipinski definition) is 1. The fraction of sp³-hybridized carbons (Fsp3) is 0.500. The lowest BCUT2D eigenvalue weighted by Gasteiger charge is -2.16. The third-order valence-electron chi connectivity index (χ3n) is 3.14. The number of hydrogen-bond acceptors (Lipinski definition) is 4. The summed E-state index contributed by atoms with van der Waals surface area (Å²) in [6.45, 7) is 4.36. The van der Waals surface area contributed by atoms with Gasteiger partial charge in [0.25, 0.3) is 0 Å². The lowest BCUT2D eigenvalue weighted by Crippen LogP contribution is -2.37. The first-order valence-electron chi connectivity index (χ1n) is 6.27. The van der Waals surface area contributed by atoms with E-state index in [-0.39, 0.29) is 0 Å². The highest BCUT2D eigenvalue weighted by Gasteiger charge is 2.22. The van der Waals surface area contributed by atoms with Crippen LogP contribution in [0, 0.1) is 11.3 Å². The number of rotatable bonds is 5. The molecule has 0 unspecified atom stereocenters. The summed E-state index contributed by atoms with van der Waals surface area (Å²) in [6, 6.07) is 9.68. The molecule has 1 fully saturated rings. The van der Waals surface area contributed by atoms with E-state index in [1.54, 1.807) is 12.1 Å². The molecule has 96 valence electrons. The molecule has 1 aromatic carbocycles. The first kappa shape index (κ1) is 12.9. The molecule has 0 saturated carbocycles. The summed E-state index contributed by atoms with van der Waals surface area (Å²) >= 11 is 0. The fourth-order valence-electron chi connectivity index (χ4n) is 2.04. The molecule has 0 spiro atoms. The third kappa shape index (κ3) is 3.46. The Labute approximate surface area is 108 Å². The highest BCUT2D eigenvalue weighted by atomic mass is 16.5. The number of benzene rings is 1. The quantitative estimate of drug-likeness (QED) is 0.803. The van der Waals surface area contributed by atoms with Crippen LogP contribution in [0.25, 0.3) is 0 Å². The molecule has 2 rings (SSSR count). The lowest BCUT2D eigenvalue weighted by molar-refractivity contribution is 0.112. The SMILES string of the molecule is C[C@@H]1OCC[C@@H]1NCCOc1ccc(C#N)cc1. The maximum absolute atomic E-state index is 8.68. The van der Waals surface area contributed by atoms with Gasteiger partial charge in [0.1, 0.15) is 12.4 Å². The van der Waals surface area contributed by atoms with Crippen LogP contribution in [0.4, 0.5) is 0 Å². The molecular weight excluding hydrogens is 228 g/mol. The maximum Gasteiger partial charge on any atom is 0.119 e. The highest BCUT2D eigenvalue weighted by molar-refractivity contribution is 5.34. The summed E-state index contributed by atoms with van der Waals surface area (Å²) in [5, 5.41) is 12.1. The number of ether oxygens (including phenoxy) is 2. The van der Waals surface area contributed by atoms with E-state index in [0.29, 0.717) is 24.3 Å². The molecule has 4 nitrogen and oxygen atoms in total. The molecule has 1 heterocycles. The second-order valence-corrected chi connectivity index (χ2v) is 4.41. The molecule has 1 aromatic rings. The van der Waals surface area contributed by atoms with Gasteiger partial charge >= 0.3 is 0 Å². The molecule has 18 heavy (non-hydrogen) atoms. The summed E-state index contributed by atoms with van der Waals surface area (Å²) < 4.78 is 11.1. The summed E-state index contributed by atoms with van der Waals surface area (Å²) in [6.07, 6.45) is 1.36. The summed E-state index contributed by atoms with van der Waals surface area (Å²) in [5.41, 5.74) is 0.650. The van der Waals surface area contributed by atoms with Crippen LogP contribution in [-0.2, 0) is 4.74 Å². The Balaban J connectivity index is 1.67. The summed E-state index contributed by atoms with van der Waals surface area (Å²) in [7, 11) is 0. The molecule has 1 aliphatic rings. The highest BCUT2D eigenvalue weighted by Crippen LogP contribution is 2.13. The molecule has 0 amide bonds. The summed E-state index contributed by atoms with van der Waals surface area (Å²) in [4.78, 5) is 0. The van der Waals surface area contributed by atoms with Crippen LogP contribution in [0.5, 0.6) is 5.75 Å². The zero-order valence-corrected chi connectivity index (χ0v) is 10.6. The van der Waals surface area contributed by atoms with Gasteiger partial charge in [-0.15, -0.1) is 0 Å². The minimum Gasteiger partial charge on any atom is -0.492 e. The van der Waals surface area contributed by atoms with Crippen LogP contribution < -0.4 is 10.1 Å². The average Bonchev–Trinajstić information content (AvgIpc) is 2.81. The van der Waals surface area contributed by atoms with Crippen molar-refractivity contribution in [3.8, 4) is 11.8 Å². The van der Waals surface area contributed by atoms with Crippen molar-refractivity contribution in [1.29, 1.82) is 5.26 Å². The molecule has 0 radical (unpaired) electrons. The van der Waals surface area contributed by atoms with Gasteiger partial charge < -0.3 is 14.8 Å². The zero-order valence-electron chi connectivity index (χ0n) is 10.6. The number of nitrogens with zero attached hydrogens (tertiary/aromatic N) is 1. The van der Waals surface area contributed by atoms with Crippen LogP contribution in [0.3, 0.4) is 0 Å². The first-order chi connectivity index (χ1) is 8.79. The van der Waals surface area contributed by atoms with Crippen molar-refractivity contribution in [2.24, 2.45) is 0 Å². The van der Waals surface area contributed by atoms with Crippen molar-refractivity contribution in [2.75, 3.05) is 19.8 Å². The van der Waals surface area contributed by atoms with Crippen molar-refractivity contribution >= 4 is 0 Å². The molecule has 0 aliphatic carbocycles. The zero-order chi connectivity index (χ0) is 12.8. The predicted molar refractivity (Wildman–Crippen MR) is 68.5 cm³/mol. The average molecular weight is 246 g/mol. The normalized spacial score (nSPS) is 22.7.